The number of ether oxygens (including phenoxy) is 1. The fourth-order valence-corrected chi connectivity index (χ4v) is 3.42. The van der Waals surface area contributed by atoms with Crippen LogP contribution in [0.4, 0.5) is 11.4 Å². The number of nitrogens with one attached hydrogen (secondary N) is 1. The van der Waals surface area contributed by atoms with Gasteiger partial charge in [-0.25, -0.2) is 0 Å². The number of Topliss-reactive ketones (excluding diaryl/α,β-unsaturated/α-hetero) is 1. The van der Waals surface area contributed by atoms with E-state index in [-0.39, 0.29) is 30.7 Å². The van der Waals surface area contributed by atoms with Gasteiger partial charge in [0, 0.05) is 23.1 Å². The lowest BCUT2D eigenvalue weighted by atomic mass is 10.1. The lowest BCUT2D eigenvalue weighted by molar-refractivity contribution is -0.123. The van der Waals surface area contributed by atoms with Gasteiger partial charge in [-0.05, 0) is 29.7 Å². The van der Waals surface area contributed by atoms with Crippen LogP contribution >= 0.6 is 0 Å². The first-order valence-corrected chi connectivity index (χ1v) is 9.45. The molecule has 1 N–H and O–H groups in total. The molecule has 6 heteroatoms. The third-order valence-corrected chi connectivity index (χ3v) is 4.91. The van der Waals surface area contributed by atoms with Gasteiger partial charge in [0.05, 0.1) is 5.69 Å². The van der Waals surface area contributed by atoms with Crippen molar-refractivity contribution >= 4 is 39.7 Å². The summed E-state index contributed by atoms with van der Waals surface area (Å²) in [6, 6.07) is 18.4. The molecule has 3 aromatic rings. The number of fused-ring (bicyclic) bond motifs is 2. The number of ketones is 1. The van der Waals surface area contributed by atoms with Crippen LogP contribution < -0.4 is 15.0 Å². The Morgan fingerprint density at radius 2 is 1.86 bits per heavy atom. The molecule has 0 bridgehead atoms. The molecule has 0 atom stereocenters. The Morgan fingerprint density at radius 1 is 1.07 bits per heavy atom. The quantitative estimate of drug-likeness (QED) is 0.675. The molecule has 0 radical (unpaired) electrons. The molecule has 0 fully saturated rings. The summed E-state index contributed by atoms with van der Waals surface area (Å²) in [5.41, 5.74) is 1.61. The van der Waals surface area contributed by atoms with E-state index in [9.17, 15) is 14.4 Å². The van der Waals surface area contributed by atoms with Crippen LogP contribution in [0.2, 0.25) is 0 Å². The standard InChI is InChI=1S/C23H20N2O4/c1-2-20(26)16-10-11-21-19(12-16)25(23(28)14-29-21)13-22(27)24-18-9-5-7-15-6-3-4-8-17(15)18/h3-12H,2,13-14H2,1H3,(H,24,27). The van der Waals surface area contributed by atoms with Crippen molar-refractivity contribution in [2.75, 3.05) is 23.4 Å². The third kappa shape index (κ3) is 3.69. The highest BCUT2D eigenvalue weighted by Gasteiger charge is 2.28. The predicted octanol–water partition coefficient (Wildman–Crippen LogP) is 3.80. The minimum atomic E-state index is -0.327. The summed E-state index contributed by atoms with van der Waals surface area (Å²) in [7, 11) is 0. The monoisotopic (exact) mass is 388 g/mol. The average molecular weight is 388 g/mol. The highest BCUT2D eigenvalue weighted by Crippen LogP contribution is 2.33. The van der Waals surface area contributed by atoms with Gasteiger partial charge in [-0.3, -0.25) is 19.3 Å². The molecular formula is C23H20N2O4. The first-order chi connectivity index (χ1) is 14.1. The van der Waals surface area contributed by atoms with E-state index in [1.54, 1.807) is 25.1 Å². The molecule has 0 saturated carbocycles. The summed E-state index contributed by atoms with van der Waals surface area (Å²) < 4.78 is 5.46. The minimum Gasteiger partial charge on any atom is -0.482 e. The molecule has 0 saturated heterocycles. The first-order valence-electron chi connectivity index (χ1n) is 9.45. The van der Waals surface area contributed by atoms with Crippen molar-refractivity contribution < 1.29 is 19.1 Å². The fraction of sp³-hybridized carbons (Fsp3) is 0.174. The number of hydrogen-bond acceptors (Lipinski definition) is 4. The zero-order valence-corrected chi connectivity index (χ0v) is 16.0. The van der Waals surface area contributed by atoms with E-state index in [2.05, 4.69) is 5.32 Å². The van der Waals surface area contributed by atoms with E-state index in [1.165, 1.54) is 4.90 Å². The fourth-order valence-electron chi connectivity index (χ4n) is 3.42. The summed E-state index contributed by atoms with van der Waals surface area (Å²) in [6.45, 7) is 1.47. The number of anilines is 2. The number of benzene rings is 3. The summed E-state index contributed by atoms with van der Waals surface area (Å²) in [4.78, 5) is 38.6. The summed E-state index contributed by atoms with van der Waals surface area (Å²) in [5.74, 6) is -0.206. The molecule has 146 valence electrons. The Labute approximate surface area is 168 Å². The van der Waals surface area contributed by atoms with Crippen LogP contribution in [0.15, 0.2) is 60.7 Å². The van der Waals surface area contributed by atoms with Gasteiger partial charge in [0.1, 0.15) is 12.3 Å². The Morgan fingerprint density at radius 3 is 2.69 bits per heavy atom. The van der Waals surface area contributed by atoms with Crippen LogP contribution in [0, 0.1) is 0 Å². The van der Waals surface area contributed by atoms with Crippen LogP contribution in [0.3, 0.4) is 0 Å². The third-order valence-electron chi connectivity index (χ3n) is 4.91. The number of nitrogens with zero attached hydrogens (tertiary/aromatic N) is 1. The van der Waals surface area contributed by atoms with Crippen LogP contribution in [0.5, 0.6) is 5.75 Å². The summed E-state index contributed by atoms with van der Waals surface area (Å²) in [6.07, 6.45) is 0.356. The first kappa shape index (κ1) is 18.7. The number of amides is 2. The maximum absolute atomic E-state index is 12.7. The van der Waals surface area contributed by atoms with Gasteiger partial charge in [0.25, 0.3) is 5.91 Å². The Bertz CT molecular complexity index is 1120. The lowest BCUT2D eigenvalue weighted by Gasteiger charge is -2.29. The van der Waals surface area contributed by atoms with Crippen LogP contribution in [0.25, 0.3) is 10.8 Å². The van der Waals surface area contributed by atoms with Gasteiger partial charge in [-0.15, -0.1) is 0 Å². The van der Waals surface area contributed by atoms with E-state index >= 15 is 0 Å². The molecule has 0 aromatic heterocycles. The normalized spacial score (nSPS) is 13.0. The Hall–Kier alpha value is -3.67. The smallest absolute Gasteiger partial charge is 0.265 e. The highest BCUT2D eigenvalue weighted by atomic mass is 16.5. The second-order valence-electron chi connectivity index (χ2n) is 6.80. The molecule has 3 aromatic carbocycles. The van der Waals surface area contributed by atoms with Crippen molar-refractivity contribution in [3.63, 3.8) is 0 Å². The SMILES string of the molecule is CCC(=O)c1ccc2c(c1)N(CC(=O)Nc1cccc3ccccc13)C(=O)CO2. The molecule has 0 aliphatic carbocycles. The van der Waals surface area contributed by atoms with Gasteiger partial charge in [0.15, 0.2) is 12.4 Å². The van der Waals surface area contributed by atoms with Crippen LogP contribution in [0.1, 0.15) is 23.7 Å². The van der Waals surface area contributed by atoms with Crippen molar-refractivity contribution in [2.24, 2.45) is 0 Å². The Balaban J connectivity index is 1.60. The number of hydrogen-bond donors (Lipinski definition) is 1. The van der Waals surface area contributed by atoms with E-state index in [4.69, 9.17) is 4.74 Å². The highest BCUT2D eigenvalue weighted by molar-refractivity contribution is 6.08. The summed E-state index contributed by atoms with van der Waals surface area (Å²) >= 11 is 0. The second kappa shape index (κ2) is 7.75. The largest absolute Gasteiger partial charge is 0.482 e. The topological polar surface area (TPSA) is 75.7 Å². The van der Waals surface area contributed by atoms with Crippen molar-refractivity contribution in [3.05, 3.63) is 66.2 Å². The molecule has 29 heavy (non-hydrogen) atoms. The van der Waals surface area contributed by atoms with Gasteiger partial charge in [-0.2, -0.15) is 0 Å². The Kier molecular flexibility index (Phi) is 4.99. The molecular weight excluding hydrogens is 368 g/mol. The van der Waals surface area contributed by atoms with Crippen LogP contribution in [-0.2, 0) is 9.59 Å². The van der Waals surface area contributed by atoms with Gasteiger partial charge >= 0.3 is 0 Å². The van der Waals surface area contributed by atoms with Gasteiger partial charge in [-0.1, -0.05) is 43.3 Å². The van der Waals surface area contributed by atoms with Gasteiger partial charge < -0.3 is 10.1 Å². The maximum Gasteiger partial charge on any atom is 0.265 e. The van der Waals surface area contributed by atoms with Gasteiger partial charge in [0.2, 0.25) is 5.91 Å². The summed E-state index contributed by atoms with van der Waals surface area (Å²) in [5, 5.41) is 4.83. The van der Waals surface area contributed by atoms with Crippen molar-refractivity contribution in [3.8, 4) is 5.75 Å². The van der Waals surface area contributed by atoms with E-state index < -0.39 is 0 Å². The van der Waals surface area contributed by atoms with Crippen molar-refractivity contribution in [2.45, 2.75) is 13.3 Å². The number of carbonyl (C=O) groups excluding carboxylic acids is 3. The molecule has 6 nitrogen and oxygen atoms in total. The minimum absolute atomic E-state index is 0.0361. The zero-order chi connectivity index (χ0) is 20.4. The predicted molar refractivity (Wildman–Crippen MR) is 111 cm³/mol. The molecule has 0 spiro atoms. The van der Waals surface area contributed by atoms with Crippen molar-refractivity contribution in [1.82, 2.24) is 0 Å². The number of carbonyl (C=O) groups is 3. The molecule has 2 amide bonds. The number of rotatable bonds is 5. The zero-order valence-electron chi connectivity index (χ0n) is 16.0. The van der Waals surface area contributed by atoms with Crippen molar-refractivity contribution in [1.29, 1.82) is 0 Å². The van der Waals surface area contributed by atoms with Crippen LogP contribution in [-0.4, -0.2) is 30.7 Å². The second-order valence-corrected chi connectivity index (χ2v) is 6.80. The van der Waals surface area contributed by atoms with E-state index in [0.717, 1.165) is 10.8 Å². The van der Waals surface area contributed by atoms with E-state index in [1.807, 2.05) is 42.5 Å². The maximum atomic E-state index is 12.7. The average Bonchev–Trinajstić information content (AvgIpc) is 2.75. The molecule has 4 rings (SSSR count). The molecule has 1 aliphatic rings. The van der Waals surface area contributed by atoms with E-state index in [0.29, 0.717) is 29.1 Å². The molecule has 0 unspecified atom stereocenters. The lowest BCUT2D eigenvalue weighted by Crippen LogP contribution is -2.43. The molecule has 1 aliphatic heterocycles. The molecule has 1 heterocycles.